The molecule has 3 amide bonds. The molecular weight excluding hydrogens is 188 g/mol. The number of nitrogens with zero attached hydrogens (tertiary/aromatic N) is 2. The van der Waals surface area contributed by atoms with Crippen molar-refractivity contribution in [1.82, 2.24) is 9.80 Å². The molecule has 0 spiro atoms. The lowest BCUT2D eigenvalue weighted by molar-refractivity contribution is -0.129. The molecule has 5 heteroatoms. The van der Waals surface area contributed by atoms with E-state index in [1.54, 1.807) is 14.0 Å². The van der Waals surface area contributed by atoms with Crippen LogP contribution in [0, 0.1) is 0 Å². The highest BCUT2D eigenvalue weighted by atomic mass is 32.1. The number of thiol groups is 1. The molecule has 0 radical (unpaired) electrons. The highest BCUT2D eigenvalue weighted by molar-refractivity contribution is 7.82. The molecule has 0 bridgehead atoms. The zero-order chi connectivity index (χ0) is 10.2. The minimum absolute atomic E-state index is 0.215. The summed E-state index contributed by atoms with van der Waals surface area (Å²) in [6, 6.07) is -0.260. The second kappa shape index (κ2) is 3.21. The molecule has 1 rings (SSSR count). The SMILES string of the molecule is CCN1C(=O)N(C)C(S)(CC)C1=O. The van der Waals surface area contributed by atoms with Gasteiger partial charge in [0.2, 0.25) is 0 Å². The van der Waals surface area contributed by atoms with Gasteiger partial charge in [-0.3, -0.25) is 9.69 Å². The molecule has 1 unspecified atom stereocenters. The maximum Gasteiger partial charge on any atom is 0.328 e. The molecule has 1 aliphatic rings. The first-order valence-corrected chi connectivity index (χ1v) is 4.75. The Kier molecular flexibility index (Phi) is 2.56. The van der Waals surface area contributed by atoms with E-state index in [1.807, 2.05) is 6.92 Å². The number of urea groups is 1. The Hall–Kier alpha value is -0.710. The van der Waals surface area contributed by atoms with Gasteiger partial charge < -0.3 is 4.90 Å². The molecule has 0 aromatic heterocycles. The third-order valence-electron chi connectivity index (χ3n) is 2.47. The Labute approximate surface area is 83.3 Å². The van der Waals surface area contributed by atoms with Crippen LogP contribution in [0.25, 0.3) is 0 Å². The highest BCUT2D eigenvalue weighted by Gasteiger charge is 2.51. The normalized spacial score (nSPS) is 28.9. The topological polar surface area (TPSA) is 40.6 Å². The van der Waals surface area contributed by atoms with Crippen LogP contribution >= 0.6 is 12.6 Å². The van der Waals surface area contributed by atoms with Crippen molar-refractivity contribution >= 4 is 24.6 Å². The van der Waals surface area contributed by atoms with Crippen LogP contribution in [0.1, 0.15) is 20.3 Å². The largest absolute Gasteiger partial charge is 0.328 e. The summed E-state index contributed by atoms with van der Waals surface area (Å²) in [6.07, 6.45) is 0.522. The number of carbonyl (C=O) groups excluding carboxylic acids is 2. The van der Waals surface area contributed by atoms with Crippen molar-refractivity contribution in [1.29, 1.82) is 0 Å². The van der Waals surface area contributed by atoms with E-state index in [0.717, 1.165) is 0 Å². The van der Waals surface area contributed by atoms with E-state index in [2.05, 4.69) is 12.6 Å². The van der Waals surface area contributed by atoms with Gasteiger partial charge in [0.05, 0.1) is 0 Å². The lowest BCUT2D eigenvalue weighted by atomic mass is 10.2. The number of hydrogen-bond acceptors (Lipinski definition) is 3. The van der Waals surface area contributed by atoms with Crippen molar-refractivity contribution in [3.63, 3.8) is 0 Å². The number of carbonyl (C=O) groups is 2. The standard InChI is InChI=1S/C8H14N2O2S/c1-4-8(13)6(11)10(5-2)7(12)9(8)3/h13H,4-5H2,1-3H3. The number of hydrogen-bond donors (Lipinski definition) is 1. The van der Waals surface area contributed by atoms with Gasteiger partial charge in [0, 0.05) is 13.6 Å². The van der Waals surface area contributed by atoms with E-state index < -0.39 is 4.87 Å². The minimum Gasteiger partial charge on any atom is -0.304 e. The van der Waals surface area contributed by atoms with Crippen LogP contribution in [0.15, 0.2) is 0 Å². The Bertz CT molecular complexity index is 257. The molecule has 13 heavy (non-hydrogen) atoms. The number of rotatable bonds is 2. The van der Waals surface area contributed by atoms with Gasteiger partial charge in [-0.1, -0.05) is 6.92 Å². The molecular formula is C8H14N2O2S. The average molecular weight is 202 g/mol. The van der Waals surface area contributed by atoms with Crippen LogP contribution < -0.4 is 0 Å². The molecule has 1 atom stereocenters. The predicted octanol–water partition coefficient (Wildman–Crippen LogP) is 0.936. The number of imide groups is 1. The summed E-state index contributed by atoms with van der Waals surface area (Å²) in [7, 11) is 1.60. The third-order valence-corrected chi connectivity index (χ3v) is 3.28. The maximum absolute atomic E-state index is 11.7. The van der Waals surface area contributed by atoms with Gasteiger partial charge in [-0.25, -0.2) is 4.79 Å². The van der Waals surface area contributed by atoms with Crippen molar-refractivity contribution in [2.45, 2.75) is 25.1 Å². The molecule has 74 valence electrons. The molecule has 0 N–H and O–H groups in total. The maximum atomic E-state index is 11.7. The van der Waals surface area contributed by atoms with Crippen molar-refractivity contribution in [3.05, 3.63) is 0 Å². The second-order valence-corrected chi connectivity index (χ2v) is 3.80. The van der Waals surface area contributed by atoms with E-state index in [9.17, 15) is 9.59 Å². The molecule has 0 aromatic rings. The lowest BCUT2D eigenvalue weighted by Crippen LogP contribution is -2.41. The second-order valence-electron chi connectivity index (χ2n) is 3.06. The first-order valence-electron chi connectivity index (χ1n) is 4.31. The summed E-state index contributed by atoms with van der Waals surface area (Å²) in [5, 5.41) is 0. The molecule has 1 aliphatic heterocycles. The van der Waals surface area contributed by atoms with Crippen LogP contribution in [0.2, 0.25) is 0 Å². The highest BCUT2D eigenvalue weighted by Crippen LogP contribution is 2.32. The Morgan fingerprint density at radius 1 is 1.38 bits per heavy atom. The van der Waals surface area contributed by atoms with Gasteiger partial charge in [-0.15, -0.1) is 12.6 Å². The van der Waals surface area contributed by atoms with Crippen LogP contribution in [0.3, 0.4) is 0 Å². The van der Waals surface area contributed by atoms with Crippen LogP contribution in [0.4, 0.5) is 4.79 Å². The van der Waals surface area contributed by atoms with Crippen molar-refractivity contribution in [2.24, 2.45) is 0 Å². The molecule has 1 fully saturated rings. The third kappa shape index (κ3) is 1.22. The number of likely N-dealkylation sites (N-methyl/N-ethyl adjacent to an activating group) is 2. The van der Waals surface area contributed by atoms with Gasteiger partial charge in [0.25, 0.3) is 5.91 Å². The fourth-order valence-corrected chi connectivity index (χ4v) is 1.66. The summed E-state index contributed by atoms with van der Waals surface area (Å²) in [6.45, 7) is 4.02. The van der Waals surface area contributed by atoms with E-state index in [4.69, 9.17) is 0 Å². The van der Waals surface area contributed by atoms with E-state index in [0.29, 0.717) is 13.0 Å². The summed E-state index contributed by atoms with van der Waals surface area (Å²) in [4.78, 5) is 24.9. The quantitative estimate of drug-likeness (QED) is 0.534. The first-order chi connectivity index (χ1) is 5.99. The average Bonchev–Trinajstić information content (AvgIpc) is 2.29. The smallest absolute Gasteiger partial charge is 0.304 e. The zero-order valence-corrected chi connectivity index (χ0v) is 8.97. The first kappa shape index (κ1) is 10.4. The van der Waals surface area contributed by atoms with Gasteiger partial charge in [0.15, 0.2) is 4.87 Å². The van der Waals surface area contributed by atoms with Crippen molar-refractivity contribution in [3.8, 4) is 0 Å². The molecule has 4 nitrogen and oxygen atoms in total. The van der Waals surface area contributed by atoms with E-state index in [-0.39, 0.29) is 11.9 Å². The van der Waals surface area contributed by atoms with Crippen LogP contribution in [-0.2, 0) is 4.79 Å². The molecule has 1 saturated heterocycles. The summed E-state index contributed by atoms with van der Waals surface area (Å²) >= 11 is 4.26. The van der Waals surface area contributed by atoms with Gasteiger partial charge in [-0.05, 0) is 13.3 Å². The summed E-state index contributed by atoms with van der Waals surface area (Å²) in [5.41, 5.74) is 0. The fourth-order valence-electron chi connectivity index (χ4n) is 1.45. The summed E-state index contributed by atoms with van der Waals surface area (Å²) < 4.78 is 0. The Morgan fingerprint density at radius 2 is 1.92 bits per heavy atom. The fraction of sp³-hybridized carbons (Fsp3) is 0.750. The monoisotopic (exact) mass is 202 g/mol. The lowest BCUT2D eigenvalue weighted by Gasteiger charge is -2.25. The Morgan fingerprint density at radius 3 is 2.15 bits per heavy atom. The van der Waals surface area contributed by atoms with Crippen LogP contribution in [-0.4, -0.2) is 40.2 Å². The molecule has 1 heterocycles. The van der Waals surface area contributed by atoms with E-state index >= 15 is 0 Å². The van der Waals surface area contributed by atoms with Gasteiger partial charge >= 0.3 is 6.03 Å². The van der Waals surface area contributed by atoms with Crippen molar-refractivity contribution < 1.29 is 9.59 Å². The van der Waals surface area contributed by atoms with Crippen LogP contribution in [0.5, 0.6) is 0 Å². The zero-order valence-electron chi connectivity index (χ0n) is 8.07. The van der Waals surface area contributed by atoms with E-state index in [1.165, 1.54) is 9.80 Å². The molecule has 0 saturated carbocycles. The Balaban J connectivity index is 3.05. The predicted molar refractivity (Wildman–Crippen MR) is 52.6 cm³/mol. The van der Waals surface area contributed by atoms with Gasteiger partial charge in [-0.2, -0.15) is 0 Å². The van der Waals surface area contributed by atoms with Crippen molar-refractivity contribution in [2.75, 3.05) is 13.6 Å². The summed E-state index contributed by atoms with van der Waals surface area (Å²) in [5.74, 6) is -0.215. The molecule has 0 aliphatic carbocycles. The minimum atomic E-state index is -0.937. The van der Waals surface area contributed by atoms with Gasteiger partial charge in [0.1, 0.15) is 0 Å². The number of amides is 3. The molecule has 0 aromatic carbocycles.